The predicted molar refractivity (Wildman–Crippen MR) is 79.8 cm³/mol. The third-order valence-corrected chi connectivity index (χ3v) is 3.51. The summed E-state index contributed by atoms with van der Waals surface area (Å²) in [4.78, 5) is 0. The van der Waals surface area contributed by atoms with E-state index in [1.165, 1.54) is 47.9 Å². The standard InChI is InChI=1S/C18H22/c1-3-4-6-11-17-14-18(13-12-15(17)2)16-9-7-5-8-10-16/h5,7-10,12-14H,3-4,6,11H2,1-2H3. The van der Waals surface area contributed by atoms with Crippen LogP contribution < -0.4 is 0 Å². The van der Waals surface area contributed by atoms with Gasteiger partial charge in [-0.15, -0.1) is 0 Å². The minimum Gasteiger partial charge on any atom is -0.0654 e. The average Bonchev–Trinajstić information content (AvgIpc) is 2.42. The summed E-state index contributed by atoms with van der Waals surface area (Å²) in [5, 5.41) is 0. The van der Waals surface area contributed by atoms with E-state index in [2.05, 4.69) is 62.4 Å². The maximum absolute atomic E-state index is 2.36. The van der Waals surface area contributed by atoms with Crippen molar-refractivity contribution in [1.29, 1.82) is 0 Å². The summed E-state index contributed by atoms with van der Waals surface area (Å²) in [6.45, 7) is 4.48. The Morgan fingerprint density at radius 2 is 1.61 bits per heavy atom. The van der Waals surface area contributed by atoms with Crippen molar-refractivity contribution in [2.45, 2.75) is 39.5 Å². The second-order valence-corrected chi connectivity index (χ2v) is 4.96. The van der Waals surface area contributed by atoms with E-state index in [4.69, 9.17) is 0 Å². The number of unbranched alkanes of at least 4 members (excludes halogenated alkanes) is 2. The maximum Gasteiger partial charge on any atom is -0.0181 e. The first-order valence-electron chi connectivity index (χ1n) is 6.96. The van der Waals surface area contributed by atoms with Gasteiger partial charge in [0.25, 0.3) is 0 Å². The van der Waals surface area contributed by atoms with Crippen LogP contribution in [-0.4, -0.2) is 0 Å². The van der Waals surface area contributed by atoms with E-state index < -0.39 is 0 Å². The van der Waals surface area contributed by atoms with Crippen LogP contribution in [0, 0.1) is 6.92 Å². The maximum atomic E-state index is 2.36. The number of hydrogen-bond donors (Lipinski definition) is 0. The van der Waals surface area contributed by atoms with Gasteiger partial charge in [-0.05, 0) is 42.0 Å². The smallest absolute Gasteiger partial charge is 0.0181 e. The molecule has 0 nitrogen and oxygen atoms in total. The first kappa shape index (κ1) is 12.9. The number of benzene rings is 2. The van der Waals surface area contributed by atoms with Crippen LogP contribution in [0.3, 0.4) is 0 Å². The second-order valence-electron chi connectivity index (χ2n) is 4.96. The molecule has 0 saturated carbocycles. The molecule has 0 amide bonds. The number of aryl methyl sites for hydroxylation is 2. The quantitative estimate of drug-likeness (QED) is 0.612. The van der Waals surface area contributed by atoms with Gasteiger partial charge in [0.15, 0.2) is 0 Å². The van der Waals surface area contributed by atoms with Gasteiger partial charge in [0.2, 0.25) is 0 Å². The molecule has 0 unspecified atom stereocenters. The molecule has 2 rings (SSSR count). The Morgan fingerprint density at radius 1 is 0.833 bits per heavy atom. The molecule has 0 saturated heterocycles. The van der Waals surface area contributed by atoms with Gasteiger partial charge >= 0.3 is 0 Å². The van der Waals surface area contributed by atoms with Crippen molar-refractivity contribution in [3.63, 3.8) is 0 Å². The van der Waals surface area contributed by atoms with Crippen molar-refractivity contribution in [2.24, 2.45) is 0 Å². The highest BCUT2D eigenvalue weighted by molar-refractivity contribution is 5.64. The zero-order valence-corrected chi connectivity index (χ0v) is 11.4. The van der Waals surface area contributed by atoms with E-state index >= 15 is 0 Å². The molecule has 0 fully saturated rings. The Balaban J connectivity index is 2.21. The molecule has 94 valence electrons. The van der Waals surface area contributed by atoms with Gasteiger partial charge < -0.3 is 0 Å². The molecule has 0 aliphatic carbocycles. The summed E-state index contributed by atoms with van der Waals surface area (Å²) in [6.07, 6.45) is 5.13. The van der Waals surface area contributed by atoms with Crippen molar-refractivity contribution in [3.05, 3.63) is 59.7 Å². The SMILES string of the molecule is CCCCCc1cc(-c2ccccc2)ccc1C. The van der Waals surface area contributed by atoms with Crippen LogP contribution in [0.15, 0.2) is 48.5 Å². The largest absolute Gasteiger partial charge is 0.0654 e. The zero-order valence-electron chi connectivity index (χ0n) is 11.4. The van der Waals surface area contributed by atoms with Gasteiger partial charge in [0, 0.05) is 0 Å². The number of rotatable bonds is 5. The molecule has 0 aliphatic heterocycles. The Labute approximate surface area is 111 Å². The van der Waals surface area contributed by atoms with Crippen molar-refractivity contribution >= 4 is 0 Å². The topological polar surface area (TPSA) is 0 Å². The summed E-state index contributed by atoms with van der Waals surface area (Å²) in [5.74, 6) is 0. The minimum atomic E-state index is 1.21. The molecule has 0 radical (unpaired) electrons. The lowest BCUT2D eigenvalue weighted by atomic mass is 9.96. The first-order chi connectivity index (χ1) is 8.81. The monoisotopic (exact) mass is 238 g/mol. The fourth-order valence-electron chi connectivity index (χ4n) is 2.32. The van der Waals surface area contributed by atoms with Crippen LogP contribution in [0.2, 0.25) is 0 Å². The average molecular weight is 238 g/mol. The molecule has 2 aromatic carbocycles. The predicted octanol–water partition coefficient (Wildman–Crippen LogP) is 5.39. The summed E-state index contributed by atoms with van der Waals surface area (Å²) in [7, 11) is 0. The van der Waals surface area contributed by atoms with E-state index in [0.717, 1.165) is 0 Å². The molecule has 0 bridgehead atoms. The van der Waals surface area contributed by atoms with E-state index in [1.54, 1.807) is 0 Å². The molecule has 0 heterocycles. The van der Waals surface area contributed by atoms with Crippen molar-refractivity contribution in [2.75, 3.05) is 0 Å². The highest BCUT2D eigenvalue weighted by Crippen LogP contribution is 2.23. The molecule has 2 aromatic rings. The molecule has 0 heteroatoms. The molecule has 0 atom stereocenters. The normalized spacial score (nSPS) is 10.6. The second kappa shape index (κ2) is 6.39. The molecular weight excluding hydrogens is 216 g/mol. The van der Waals surface area contributed by atoms with Gasteiger partial charge in [-0.1, -0.05) is 68.3 Å². The summed E-state index contributed by atoms with van der Waals surface area (Å²) >= 11 is 0. The van der Waals surface area contributed by atoms with Crippen LogP contribution in [-0.2, 0) is 6.42 Å². The highest BCUT2D eigenvalue weighted by atomic mass is 14.1. The Bertz CT molecular complexity index is 483. The summed E-state index contributed by atoms with van der Waals surface area (Å²) in [6, 6.07) is 17.5. The van der Waals surface area contributed by atoms with Crippen LogP contribution in [0.5, 0.6) is 0 Å². The lowest BCUT2D eigenvalue weighted by molar-refractivity contribution is 0.715. The van der Waals surface area contributed by atoms with Crippen molar-refractivity contribution < 1.29 is 0 Å². The minimum absolute atomic E-state index is 1.21. The van der Waals surface area contributed by atoms with Crippen LogP contribution in [0.25, 0.3) is 11.1 Å². The van der Waals surface area contributed by atoms with Crippen molar-refractivity contribution in [3.8, 4) is 11.1 Å². The van der Waals surface area contributed by atoms with Gasteiger partial charge in [-0.3, -0.25) is 0 Å². The van der Waals surface area contributed by atoms with Crippen LogP contribution >= 0.6 is 0 Å². The van der Waals surface area contributed by atoms with Gasteiger partial charge in [-0.25, -0.2) is 0 Å². The molecule has 0 aromatic heterocycles. The summed E-state index contributed by atoms with van der Waals surface area (Å²) in [5.41, 5.74) is 5.58. The first-order valence-corrected chi connectivity index (χ1v) is 6.96. The number of hydrogen-bond acceptors (Lipinski definition) is 0. The van der Waals surface area contributed by atoms with E-state index in [0.29, 0.717) is 0 Å². The summed E-state index contributed by atoms with van der Waals surface area (Å²) < 4.78 is 0. The Hall–Kier alpha value is -1.56. The lowest BCUT2D eigenvalue weighted by Gasteiger charge is -2.09. The third kappa shape index (κ3) is 3.22. The van der Waals surface area contributed by atoms with Gasteiger partial charge in [0.1, 0.15) is 0 Å². The molecule has 0 aliphatic rings. The van der Waals surface area contributed by atoms with Gasteiger partial charge in [-0.2, -0.15) is 0 Å². The zero-order chi connectivity index (χ0) is 12.8. The van der Waals surface area contributed by atoms with Crippen LogP contribution in [0.4, 0.5) is 0 Å². The van der Waals surface area contributed by atoms with Crippen molar-refractivity contribution in [1.82, 2.24) is 0 Å². The Kier molecular flexibility index (Phi) is 4.58. The lowest BCUT2D eigenvalue weighted by Crippen LogP contribution is -1.91. The third-order valence-electron chi connectivity index (χ3n) is 3.51. The molecule has 18 heavy (non-hydrogen) atoms. The van der Waals surface area contributed by atoms with Crippen LogP contribution in [0.1, 0.15) is 37.3 Å². The van der Waals surface area contributed by atoms with E-state index in [-0.39, 0.29) is 0 Å². The fraction of sp³-hybridized carbons (Fsp3) is 0.333. The Morgan fingerprint density at radius 3 is 2.33 bits per heavy atom. The molecule has 0 spiro atoms. The van der Waals surface area contributed by atoms with Gasteiger partial charge in [0.05, 0.1) is 0 Å². The van der Waals surface area contributed by atoms with E-state index in [1.807, 2.05) is 0 Å². The highest BCUT2D eigenvalue weighted by Gasteiger charge is 2.02. The fourth-order valence-corrected chi connectivity index (χ4v) is 2.32. The molecular formula is C18H22. The van der Waals surface area contributed by atoms with E-state index in [9.17, 15) is 0 Å². The molecule has 0 N–H and O–H groups in total.